The van der Waals surface area contributed by atoms with Crippen molar-refractivity contribution in [3.05, 3.63) is 82.0 Å². The number of aryl methyl sites for hydroxylation is 2. The van der Waals surface area contributed by atoms with E-state index in [0.717, 1.165) is 66.0 Å². The number of amides is 3. The molecule has 3 aliphatic rings. The van der Waals surface area contributed by atoms with Gasteiger partial charge in [-0.1, -0.05) is 25.1 Å². The van der Waals surface area contributed by atoms with E-state index in [1.165, 1.54) is 28.0 Å². The number of nitrogens with one attached hydrogen (secondary N) is 2. The van der Waals surface area contributed by atoms with E-state index in [-0.39, 0.29) is 18.4 Å². The van der Waals surface area contributed by atoms with Gasteiger partial charge in [-0.3, -0.25) is 29.1 Å². The van der Waals surface area contributed by atoms with Gasteiger partial charge in [0.1, 0.15) is 5.65 Å². The maximum absolute atomic E-state index is 13.9. The number of anilines is 2. The normalized spacial score (nSPS) is 18.7. The average Bonchev–Trinajstić information content (AvgIpc) is 3.52. The number of sulfonamides is 1. The van der Waals surface area contributed by atoms with Crippen LogP contribution in [0.25, 0.3) is 21.9 Å². The fourth-order valence-electron chi connectivity index (χ4n) is 8.51. The summed E-state index contributed by atoms with van der Waals surface area (Å²) >= 11 is 0. The Labute approximate surface area is 329 Å². The predicted octanol–water partition coefficient (Wildman–Crippen LogP) is 4.12. The van der Waals surface area contributed by atoms with Crippen LogP contribution in [0.3, 0.4) is 0 Å². The van der Waals surface area contributed by atoms with Crippen molar-refractivity contribution < 1.29 is 22.4 Å². The van der Waals surface area contributed by atoms with Crippen molar-refractivity contribution in [1.82, 2.24) is 38.8 Å². The number of aromatic nitrogens is 5. The lowest BCUT2D eigenvalue weighted by molar-refractivity contribution is -0.120. The molecular formula is C40H47FN10O5S. The molecule has 17 heteroatoms. The number of carbonyl (C=O) groups is 2. The molecule has 0 spiro atoms. The third-order valence-corrected chi connectivity index (χ3v) is 13.5. The van der Waals surface area contributed by atoms with E-state index in [2.05, 4.69) is 49.7 Å². The molecule has 2 N–H and O–H groups in total. The zero-order valence-electron chi connectivity index (χ0n) is 32.3. The second kappa shape index (κ2) is 15.6. The predicted molar refractivity (Wildman–Crippen MR) is 214 cm³/mol. The van der Waals surface area contributed by atoms with Crippen LogP contribution in [-0.2, 0) is 35.3 Å². The van der Waals surface area contributed by atoms with Gasteiger partial charge >= 0.3 is 6.03 Å². The first-order valence-corrected chi connectivity index (χ1v) is 21.0. The standard InChI is InChI=1S/C40H47FN10O5S/c1-25(24-49-14-9-27(10-15-49)28-7-8-32-34(22-28)48(3)46-37(32)51-18-13-35(52)44-40(51)54)19-26-5-4-6-31(20-26)57(55,56)50-16-11-30(12-17-50)43-39-42-23-29-21-33(41)38(53)47(2)36(29)45-39/h4-8,20-23,25,27,30H,9-19,24H2,1-3H3,(H,42,43,45)(H,44,52,54). The summed E-state index contributed by atoms with van der Waals surface area (Å²) in [7, 11) is -0.353. The van der Waals surface area contributed by atoms with Crippen LogP contribution in [0.15, 0.2) is 64.4 Å². The Balaban J connectivity index is 0.829. The number of halogens is 1. The fraction of sp³-hybridized carbons (Fsp3) is 0.450. The summed E-state index contributed by atoms with van der Waals surface area (Å²) in [5.74, 6) is 0.476. The van der Waals surface area contributed by atoms with Crippen molar-refractivity contribution in [1.29, 1.82) is 0 Å². The van der Waals surface area contributed by atoms with Gasteiger partial charge in [-0.2, -0.15) is 14.4 Å². The summed E-state index contributed by atoms with van der Waals surface area (Å²) < 4.78 is 45.9. The Bertz CT molecular complexity index is 2530. The van der Waals surface area contributed by atoms with Crippen LogP contribution in [0.4, 0.5) is 21.0 Å². The number of carbonyl (C=O) groups excluding carboxylic acids is 2. The number of likely N-dealkylation sites (tertiary alicyclic amines) is 1. The van der Waals surface area contributed by atoms with Crippen LogP contribution in [0, 0.1) is 11.7 Å². The summed E-state index contributed by atoms with van der Waals surface area (Å²) in [6.07, 6.45) is 5.64. The van der Waals surface area contributed by atoms with E-state index in [0.29, 0.717) is 72.0 Å². The van der Waals surface area contributed by atoms with Crippen molar-refractivity contribution in [2.75, 3.05) is 49.5 Å². The molecule has 0 saturated carbocycles. The molecule has 8 rings (SSSR count). The van der Waals surface area contributed by atoms with Crippen LogP contribution in [0.1, 0.15) is 56.1 Å². The van der Waals surface area contributed by atoms with Crippen LogP contribution < -0.4 is 21.1 Å². The molecule has 300 valence electrons. The van der Waals surface area contributed by atoms with E-state index in [1.807, 2.05) is 31.3 Å². The molecule has 3 aromatic heterocycles. The first-order chi connectivity index (χ1) is 27.3. The highest BCUT2D eigenvalue weighted by atomic mass is 32.2. The van der Waals surface area contributed by atoms with Gasteiger partial charge in [-0.05, 0) is 98.5 Å². The van der Waals surface area contributed by atoms with Gasteiger partial charge in [0.05, 0.1) is 10.4 Å². The maximum atomic E-state index is 13.9. The third-order valence-electron chi connectivity index (χ3n) is 11.6. The van der Waals surface area contributed by atoms with Crippen molar-refractivity contribution in [2.24, 2.45) is 20.0 Å². The topological polar surface area (TPSA) is 168 Å². The van der Waals surface area contributed by atoms with Gasteiger partial charge in [0.2, 0.25) is 21.9 Å². The monoisotopic (exact) mass is 798 g/mol. The number of piperidine rings is 2. The molecule has 0 aliphatic carbocycles. The van der Waals surface area contributed by atoms with Crippen LogP contribution >= 0.6 is 0 Å². The summed E-state index contributed by atoms with van der Waals surface area (Å²) in [6, 6.07) is 14.3. The minimum atomic E-state index is -3.69. The molecule has 1 atom stereocenters. The summed E-state index contributed by atoms with van der Waals surface area (Å²) in [6.45, 7) is 6.06. The third kappa shape index (κ3) is 7.87. The van der Waals surface area contributed by atoms with Crippen molar-refractivity contribution in [3.8, 4) is 0 Å². The second-order valence-corrected chi connectivity index (χ2v) is 17.6. The number of fused-ring (bicyclic) bond motifs is 2. The summed E-state index contributed by atoms with van der Waals surface area (Å²) in [5.41, 5.74) is 2.76. The molecule has 3 saturated heterocycles. The summed E-state index contributed by atoms with van der Waals surface area (Å²) in [5, 5.41) is 11.6. The quantitative estimate of drug-likeness (QED) is 0.210. The van der Waals surface area contributed by atoms with Gasteiger partial charge < -0.3 is 10.2 Å². The van der Waals surface area contributed by atoms with E-state index in [4.69, 9.17) is 0 Å². The number of benzene rings is 2. The van der Waals surface area contributed by atoms with Crippen molar-refractivity contribution in [3.63, 3.8) is 0 Å². The highest BCUT2D eigenvalue weighted by Crippen LogP contribution is 2.34. The minimum Gasteiger partial charge on any atom is -0.351 e. The minimum absolute atomic E-state index is 0.0632. The highest BCUT2D eigenvalue weighted by molar-refractivity contribution is 7.89. The lowest BCUT2D eigenvalue weighted by Gasteiger charge is -2.34. The van der Waals surface area contributed by atoms with Crippen LogP contribution in [-0.4, -0.2) is 99.2 Å². The first kappa shape index (κ1) is 38.6. The molecule has 3 aliphatic heterocycles. The molecule has 6 heterocycles. The lowest BCUT2D eigenvalue weighted by Crippen LogP contribution is -2.49. The van der Waals surface area contributed by atoms with Gasteiger partial charge in [-0.25, -0.2) is 22.6 Å². The van der Waals surface area contributed by atoms with Gasteiger partial charge in [-0.15, -0.1) is 0 Å². The Morgan fingerprint density at radius 3 is 2.49 bits per heavy atom. The molecule has 3 amide bonds. The van der Waals surface area contributed by atoms with E-state index >= 15 is 0 Å². The molecule has 57 heavy (non-hydrogen) atoms. The Kier molecular flexibility index (Phi) is 10.6. The van der Waals surface area contributed by atoms with E-state index in [1.54, 1.807) is 10.7 Å². The van der Waals surface area contributed by atoms with Gasteiger partial charge in [0.25, 0.3) is 5.56 Å². The highest BCUT2D eigenvalue weighted by Gasteiger charge is 2.31. The van der Waals surface area contributed by atoms with Crippen LogP contribution in [0.2, 0.25) is 0 Å². The summed E-state index contributed by atoms with van der Waals surface area (Å²) in [4.78, 5) is 49.2. The SMILES string of the molecule is CC(Cc1cccc(S(=O)(=O)N2CCC(Nc3ncc4cc(F)c(=O)n(C)c4n3)CC2)c1)CN1CCC(c2ccc3c(N4CCC(=O)NC4=O)nn(C)c3c2)CC1. The molecule has 15 nitrogen and oxygen atoms in total. The molecule has 1 unspecified atom stereocenters. The zero-order valence-corrected chi connectivity index (χ0v) is 33.1. The largest absolute Gasteiger partial charge is 0.351 e. The molecule has 2 aromatic carbocycles. The van der Waals surface area contributed by atoms with Gasteiger partial charge in [0, 0.05) is 69.7 Å². The molecule has 5 aromatic rings. The Hall–Kier alpha value is -5.26. The van der Waals surface area contributed by atoms with Gasteiger partial charge in [0.15, 0.2) is 11.6 Å². The molecular weight excluding hydrogens is 752 g/mol. The first-order valence-electron chi connectivity index (χ1n) is 19.5. The number of rotatable bonds is 10. The molecule has 0 radical (unpaired) electrons. The number of pyridine rings is 1. The van der Waals surface area contributed by atoms with E-state index in [9.17, 15) is 27.2 Å². The van der Waals surface area contributed by atoms with E-state index < -0.39 is 27.4 Å². The smallest absolute Gasteiger partial charge is 0.329 e. The average molecular weight is 799 g/mol. The molecule has 0 bridgehead atoms. The van der Waals surface area contributed by atoms with Crippen LogP contribution in [0.5, 0.6) is 0 Å². The van der Waals surface area contributed by atoms with Crippen molar-refractivity contribution in [2.45, 2.75) is 62.3 Å². The number of hydrogen-bond acceptors (Lipinski definition) is 10. The zero-order chi connectivity index (χ0) is 40.0. The van der Waals surface area contributed by atoms with Crippen molar-refractivity contribution >= 4 is 55.7 Å². The molecule has 3 fully saturated rings. The fourth-order valence-corrected chi connectivity index (χ4v) is 10.1. The maximum Gasteiger partial charge on any atom is 0.329 e. The Morgan fingerprint density at radius 2 is 1.74 bits per heavy atom. The number of urea groups is 1. The number of nitrogens with zero attached hydrogens (tertiary/aromatic N) is 8. The lowest BCUT2D eigenvalue weighted by atomic mass is 9.88. The second-order valence-electron chi connectivity index (χ2n) is 15.7. The number of hydrogen-bond donors (Lipinski definition) is 2. The number of imide groups is 1. The Morgan fingerprint density at radius 1 is 0.965 bits per heavy atom.